The maximum Gasteiger partial charge on any atom is 0.255 e. The lowest BCUT2D eigenvalue weighted by atomic mass is 10.2. The van der Waals surface area contributed by atoms with Gasteiger partial charge in [0.25, 0.3) is 5.91 Å². The second-order valence-electron chi connectivity index (χ2n) is 4.78. The molecule has 1 N–H and O–H groups in total. The van der Waals surface area contributed by atoms with Gasteiger partial charge in [0.1, 0.15) is 11.5 Å². The van der Waals surface area contributed by atoms with Crippen molar-refractivity contribution in [2.45, 2.75) is 20.3 Å². The Kier molecular flexibility index (Phi) is 5.83. The largest absolute Gasteiger partial charge is 0.494 e. The Hall–Kier alpha value is -2.49. The Morgan fingerprint density at radius 1 is 0.909 bits per heavy atom. The molecule has 0 aliphatic heterocycles. The van der Waals surface area contributed by atoms with Gasteiger partial charge in [-0.25, -0.2) is 0 Å². The first-order valence-corrected chi connectivity index (χ1v) is 7.50. The molecule has 0 unspecified atom stereocenters. The number of benzene rings is 2. The fourth-order valence-electron chi connectivity index (χ4n) is 1.93. The van der Waals surface area contributed by atoms with Crippen LogP contribution in [0.25, 0.3) is 0 Å². The summed E-state index contributed by atoms with van der Waals surface area (Å²) in [6.45, 7) is 5.29. The Morgan fingerprint density at radius 3 is 2.09 bits per heavy atom. The molecule has 2 aromatic carbocycles. The van der Waals surface area contributed by atoms with Gasteiger partial charge in [0.2, 0.25) is 0 Å². The summed E-state index contributed by atoms with van der Waals surface area (Å²) in [5, 5.41) is 2.86. The highest BCUT2D eigenvalue weighted by Gasteiger charge is 2.06. The number of carbonyl (C=O) groups excluding carboxylic acids is 1. The van der Waals surface area contributed by atoms with E-state index in [1.165, 1.54) is 0 Å². The van der Waals surface area contributed by atoms with Gasteiger partial charge in [-0.05, 0) is 61.9 Å². The highest BCUT2D eigenvalue weighted by molar-refractivity contribution is 6.04. The summed E-state index contributed by atoms with van der Waals surface area (Å²) in [6.07, 6.45) is 0.968. The first kappa shape index (κ1) is 15.9. The Balaban J connectivity index is 1.96. The number of amides is 1. The number of hydrogen-bond acceptors (Lipinski definition) is 3. The van der Waals surface area contributed by atoms with Crippen molar-refractivity contribution < 1.29 is 14.3 Å². The number of anilines is 1. The molecule has 2 rings (SSSR count). The zero-order chi connectivity index (χ0) is 15.8. The smallest absolute Gasteiger partial charge is 0.255 e. The first-order chi connectivity index (χ1) is 10.7. The molecule has 0 aromatic heterocycles. The van der Waals surface area contributed by atoms with Crippen molar-refractivity contribution in [3.8, 4) is 11.5 Å². The van der Waals surface area contributed by atoms with Crippen molar-refractivity contribution in [3.05, 3.63) is 54.1 Å². The average molecular weight is 299 g/mol. The minimum absolute atomic E-state index is 0.148. The van der Waals surface area contributed by atoms with Gasteiger partial charge < -0.3 is 14.8 Å². The fraction of sp³-hybridized carbons (Fsp3) is 0.278. The molecule has 0 fully saturated rings. The quantitative estimate of drug-likeness (QED) is 0.836. The fourth-order valence-corrected chi connectivity index (χ4v) is 1.93. The second kappa shape index (κ2) is 8.08. The molecule has 0 spiro atoms. The number of ether oxygens (including phenoxy) is 2. The van der Waals surface area contributed by atoms with E-state index in [9.17, 15) is 4.79 Å². The van der Waals surface area contributed by atoms with Crippen LogP contribution in [0.4, 0.5) is 5.69 Å². The Bertz CT molecular complexity index is 591. The minimum atomic E-state index is -0.148. The predicted octanol–water partition coefficient (Wildman–Crippen LogP) is 4.13. The Labute approximate surface area is 131 Å². The minimum Gasteiger partial charge on any atom is -0.494 e. The number of rotatable bonds is 7. The molecule has 22 heavy (non-hydrogen) atoms. The van der Waals surface area contributed by atoms with Gasteiger partial charge in [-0.15, -0.1) is 0 Å². The number of carbonyl (C=O) groups is 1. The van der Waals surface area contributed by atoms with Gasteiger partial charge in [-0.2, -0.15) is 0 Å². The molecule has 0 atom stereocenters. The van der Waals surface area contributed by atoms with E-state index in [-0.39, 0.29) is 5.91 Å². The highest BCUT2D eigenvalue weighted by atomic mass is 16.5. The molecule has 0 heterocycles. The van der Waals surface area contributed by atoms with Crippen molar-refractivity contribution in [2.75, 3.05) is 18.5 Å². The van der Waals surface area contributed by atoms with Gasteiger partial charge in [-0.1, -0.05) is 6.92 Å². The van der Waals surface area contributed by atoms with Crippen LogP contribution in [0.1, 0.15) is 30.6 Å². The van der Waals surface area contributed by atoms with Crippen LogP contribution < -0.4 is 14.8 Å². The molecule has 0 aliphatic carbocycles. The van der Waals surface area contributed by atoms with Gasteiger partial charge in [0.15, 0.2) is 0 Å². The van der Waals surface area contributed by atoms with Crippen molar-refractivity contribution in [1.29, 1.82) is 0 Å². The van der Waals surface area contributed by atoms with E-state index >= 15 is 0 Å². The van der Waals surface area contributed by atoms with Crippen LogP contribution in [-0.4, -0.2) is 19.1 Å². The van der Waals surface area contributed by atoms with E-state index in [1.807, 2.05) is 31.2 Å². The summed E-state index contributed by atoms with van der Waals surface area (Å²) in [4.78, 5) is 12.2. The highest BCUT2D eigenvalue weighted by Crippen LogP contribution is 2.17. The van der Waals surface area contributed by atoms with Gasteiger partial charge in [0.05, 0.1) is 13.2 Å². The number of nitrogens with one attached hydrogen (secondary N) is 1. The zero-order valence-electron chi connectivity index (χ0n) is 13.0. The van der Waals surface area contributed by atoms with Crippen molar-refractivity contribution >= 4 is 11.6 Å². The normalized spacial score (nSPS) is 10.1. The van der Waals surface area contributed by atoms with Gasteiger partial charge in [-0.3, -0.25) is 4.79 Å². The molecule has 4 nitrogen and oxygen atoms in total. The first-order valence-electron chi connectivity index (χ1n) is 7.50. The van der Waals surface area contributed by atoms with Crippen LogP contribution >= 0.6 is 0 Å². The molecule has 0 bridgehead atoms. The van der Waals surface area contributed by atoms with E-state index in [0.717, 1.165) is 23.6 Å². The summed E-state index contributed by atoms with van der Waals surface area (Å²) >= 11 is 0. The average Bonchev–Trinajstić information content (AvgIpc) is 2.55. The lowest BCUT2D eigenvalue weighted by Gasteiger charge is -2.08. The predicted molar refractivity (Wildman–Crippen MR) is 87.8 cm³/mol. The monoisotopic (exact) mass is 299 g/mol. The van der Waals surface area contributed by atoms with Crippen LogP contribution in [0.3, 0.4) is 0 Å². The van der Waals surface area contributed by atoms with E-state index < -0.39 is 0 Å². The lowest BCUT2D eigenvalue weighted by Crippen LogP contribution is -2.11. The molecule has 116 valence electrons. The SMILES string of the molecule is CCCOc1ccc(NC(=O)c2ccc(OCC)cc2)cc1. The summed E-state index contributed by atoms with van der Waals surface area (Å²) < 4.78 is 10.9. The van der Waals surface area contributed by atoms with Crippen LogP contribution in [0.15, 0.2) is 48.5 Å². The third-order valence-corrected chi connectivity index (χ3v) is 3.01. The summed E-state index contributed by atoms with van der Waals surface area (Å²) in [6, 6.07) is 14.4. The van der Waals surface area contributed by atoms with Crippen molar-refractivity contribution in [2.24, 2.45) is 0 Å². The van der Waals surface area contributed by atoms with Crippen molar-refractivity contribution in [3.63, 3.8) is 0 Å². The molecular formula is C18H21NO3. The summed E-state index contributed by atoms with van der Waals surface area (Å²) in [5.74, 6) is 1.42. The van der Waals surface area contributed by atoms with Crippen molar-refractivity contribution in [1.82, 2.24) is 0 Å². The molecule has 2 aromatic rings. The number of hydrogen-bond donors (Lipinski definition) is 1. The van der Waals surface area contributed by atoms with Crippen LogP contribution in [0, 0.1) is 0 Å². The van der Waals surface area contributed by atoms with Gasteiger partial charge in [0, 0.05) is 11.3 Å². The molecule has 0 saturated heterocycles. The molecule has 0 aliphatic rings. The third-order valence-electron chi connectivity index (χ3n) is 3.01. The topological polar surface area (TPSA) is 47.6 Å². The molecule has 0 radical (unpaired) electrons. The zero-order valence-corrected chi connectivity index (χ0v) is 13.0. The summed E-state index contributed by atoms with van der Waals surface area (Å²) in [5.41, 5.74) is 1.33. The van der Waals surface area contributed by atoms with E-state index in [2.05, 4.69) is 12.2 Å². The Morgan fingerprint density at radius 2 is 1.50 bits per heavy atom. The third kappa shape index (κ3) is 4.52. The maximum absolute atomic E-state index is 12.2. The maximum atomic E-state index is 12.2. The van der Waals surface area contributed by atoms with Crippen LogP contribution in [0.5, 0.6) is 11.5 Å². The van der Waals surface area contributed by atoms with Crippen LogP contribution in [0.2, 0.25) is 0 Å². The van der Waals surface area contributed by atoms with Gasteiger partial charge >= 0.3 is 0 Å². The summed E-state index contributed by atoms with van der Waals surface area (Å²) in [7, 11) is 0. The molecule has 0 saturated carbocycles. The lowest BCUT2D eigenvalue weighted by molar-refractivity contribution is 0.102. The molecular weight excluding hydrogens is 278 g/mol. The van der Waals surface area contributed by atoms with Crippen LogP contribution in [-0.2, 0) is 0 Å². The standard InChI is InChI=1S/C18H21NO3/c1-3-13-22-17-11-7-15(8-12-17)19-18(20)14-5-9-16(10-6-14)21-4-2/h5-12H,3-4,13H2,1-2H3,(H,19,20). The van der Waals surface area contributed by atoms with E-state index in [0.29, 0.717) is 18.8 Å². The second-order valence-corrected chi connectivity index (χ2v) is 4.78. The molecule has 1 amide bonds. The van der Waals surface area contributed by atoms with E-state index in [1.54, 1.807) is 24.3 Å². The molecule has 4 heteroatoms. The van der Waals surface area contributed by atoms with E-state index in [4.69, 9.17) is 9.47 Å².